The minimum absolute atomic E-state index is 0.0758. The third kappa shape index (κ3) is 38.7. The first kappa shape index (κ1) is 53.1. The Bertz CT molecular complexity index is 915. The molecule has 0 saturated heterocycles. The number of rotatable bonds is 42. The van der Waals surface area contributed by atoms with Crippen LogP contribution in [-0.4, -0.2) is 46.9 Å². The van der Waals surface area contributed by atoms with Crippen LogP contribution >= 0.6 is 0 Å². The quantitative estimate of drug-likeness (QED) is 0.0326. The summed E-state index contributed by atoms with van der Waals surface area (Å²) < 4.78 is 5.91. The molecule has 3 unspecified atom stereocenters. The van der Waals surface area contributed by atoms with Gasteiger partial charge in [0.15, 0.2) is 0 Å². The van der Waals surface area contributed by atoms with Crippen LogP contribution in [0.2, 0.25) is 0 Å². The van der Waals surface area contributed by atoms with Crippen LogP contribution in [0.3, 0.4) is 0 Å². The Morgan fingerprint density at radius 1 is 0.545 bits per heavy atom. The van der Waals surface area contributed by atoms with E-state index in [0.717, 1.165) is 64.2 Å². The van der Waals surface area contributed by atoms with E-state index in [2.05, 4.69) is 62.5 Å². The maximum Gasteiger partial charge on any atom is 0.306 e. The van der Waals surface area contributed by atoms with Crippen molar-refractivity contribution in [3.8, 4) is 0 Å². The van der Waals surface area contributed by atoms with Gasteiger partial charge in [-0.1, -0.05) is 218 Å². The van der Waals surface area contributed by atoms with Gasteiger partial charge < -0.3 is 20.3 Å². The molecule has 0 aliphatic rings. The van der Waals surface area contributed by atoms with Gasteiger partial charge in [0.2, 0.25) is 5.91 Å². The van der Waals surface area contributed by atoms with Crippen LogP contribution in [0, 0.1) is 0 Å². The molecule has 3 N–H and O–H groups in total. The first-order valence-corrected chi connectivity index (χ1v) is 23.7. The molecule has 0 heterocycles. The van der Waals surface area contributed by atoms with E-state index in [1.807, 2.05) is 0 Å². The Morgan fingerprint density at radius 2 is 0.982 bits per heavy atom. The Balaban J connectivity index is 4.57. The van der Waals surface area contributed by atoms with Crippen LogP contribution in [0.5, 0.6) is 0 Å². The highest BCUT2D eigenvalue weighted by molar-refractivity contribution is 5.77. The first-order valence-electron chi connectivity index (χ1n) is 23.7. The molecule has 55 heavy (non-hydrogen) atoms. The molecule has 0 aromatic heterocycles. The van der Waals surface area contributed by atoms with E-state index >= 15 is 0 Å². The van der Waals surface area contributed by atoms with E-state index in [9.17, 15) is 19.8 Å². The SMILES string of the molecule is CC/C=C/C=C/C=C/CCCCCCCCCC(=O)OC(CCCCCCCCCCCCCC)CC(=O)NC(CO)C(O)CCCCCCCCCCC. The number of ether oxygens (including phenoxy) is 1. The molecule has 0 aliphatic heterocycles. The van der Waals surface area contributed by atoms with Gasteiger partial charge in [-0.3, -0.25) is 9.59 Å². The Morgan fingerprint density at radius 3 is 1.47 bits per heavy atom. The number of carbonyl (C=O) groups excluding carboxylic acids is 2. The van der Waals surface area contributed by atoms with Crippen LogP contribution in [0.4, 0.5) is 0 Å². The lowest BCUT2D eigenvalue weighted by Crippen LogP contribution is -2.46. The van der Waals surface area contributed by atoms with Crippen molar-refractivity contribution in [3.05, 3.63) is 36.5 Å². The predicted octanol–water partition coefficient (Wildman–Crippen LogP) is 13.7. The van der Waals surface area contributed by atoms with Gasteiger partial charge in [-0.05, 0) is 44.9 Å². The fourth-order valence-corrected chi connectivity index (χ4v) is 7.19. The average Bonchev–Trinajstić information content (AvgIpc) is 3.18. The van der Waals surface area contributed by atoms with Gasteiger partial charge in [0.05, 0.1) is 25.2 Å². The van der Waals surface area contributed by atoms with Crippen molar-refractivity contribution in [1.82, 2.24) is 5.32 Å². The molecule has 0 fully saturated rings. The predicted molar refractivity (Wildman–Crippen MR) is 236 cm³/mol. The molecule has 0 bridgehead atoms. The molecule has 6 heteroatoms. The summed E-state index contributed by atoms with van der Waals surface area (Å²) in [5, 5.41) is 23.6. The fourth-order valence-electron chi connectivity index (χ4n) is 7.19. The number of allylic oxidation sites excluding steroid dienone is 6. The molecule has 0 spiro atoms. The molecule has 0 rings (SSSR count). The number of nitrogens with one attached hydrogen (secondary N) is 1. The number of carbonyl (C=O) groups is 2. The van der Waals surface area contributed by atoms with Crippen molar-refractivity contribution in [2.75, 3.05) is 6.61 Å². The van der Waals surface area contributed by atoms with Crippen LogP contribution < -0.4 is 5.32 Å². The Labute approximate surface area is 341 Å². The second-order valence-electron chi connectivity index (χ2n) is 16.2. The summed E-state index contributed by atoms with van der Waals surface area (Å²) >= 11 is 0. The van der Waals surface area contributed by atoms with Gasteiger partial charge >= 0.3 is 5.97 Å². The zero-order chi connectivity index (χ0) is 40.3. The zero-order valence-electron chi connectivity index (χ0n) is 36.6. The summed E-state index contributed by atoms with van der Waals surface area (Å²) in [7, 11) is 0. The largest absolute Gasteiger partial charge is 0.462 e. The summed E-state index contributed by atoms with van der Waals surface area (Å²) in [6, 6.07) is -0.698. The maximum atomic E-state index is 13.1. The Kier molecular flexibility index (Phi) is 41.7. The molecule has 3 atom stereocenters. The minimum Gasteiger partial charge on any atom is -0.462 e. The molecular formula is C49H91NO5. The van der Waals surface area contributed by atoms with Gasteiger partial charge in [-0.15, -0.1) is 0 Å². The van der Waals surface area contributed by atoms with Crippen molar-refractivity contribution in [2.24, 2.45) is 0 Å². The molecule has 0 saturated carbocycles. The highest BCUT2D eigenvalue weighted by atomic mass is 16.5. The van der Waals surface area contributed by atoms with Gasteiger partial charge in [0.1, 0.15) is 6.10 Å². The van der Waals surface area contributed by atoms with E-state index in [4.69, 9.17) is 4.74 Å². The molecule has 0 aromatic carbocycles. The third-order valence-corrected chi connectivity index (χ3v) is 10.8. The number of hydrogen-bond donors (Lipinski definition) is 3. The maximum absolute atomic E-state index is 13.1. The van der Waals surface area contributed by atoms with E-state index in [1.165, 1.54) is 128 Å². The van der Waals surface area contributed by atoms with Crippen LogP contribution in [0.25, 0.3) is 0 Å². The number of aliphatic hydroxyl groups is 2. The summed E-state index contributed by atoms with van der Waals surface area (Å²) in [4.78, 5) is 26.0. The normalized spacial score (nSPS) is 13.6. The summed E-state index contributed by atoms with van der Waals surface area (Å²) in [6.07, 6.45) is 49.2. The molecule has 0 aromatic rings. The summed E-state index contributed by atoms with van der Waals surface area (Å²) in [6.45, 7) is 6.33. The smallest absolute Gasteiger partial charge is 0.306 e. The molecule has 1 amide bonds. The van der Waals surface area contributed by atoms with Crippen molar-refractivity contribution in [2.45, 2.75) is 257 Å². The lowest BCUT2D eigenvalue weighted by Gasteiger charge is -2.24. The van der Waals surface area contributed by atoms with Gasteiger partial charge in [0, 0.05) is 6.42 Å². The summed E-state index contributed by atoms with van der Waals surface area (Å²) in [5.74, 6) is -0.482. The van der Waals surface area contributed by atoms with Crippen molar-refractivity contribution in [3.63, 3.8) is 0 Å². The monoisotopic (exact) mass is 774 g/mol. The number of esters is 1. The van der Waals surface area contributed by atoms with Crippen molar-refractivity contribution < 1.29 is 24.5 Å². The second-order valence-corrected chi connectivity index (χ2v) is 16.2. The van der Waals surface area contributed by atoms with E-state index < -0.39 is 18.2 Å². The highest BCUT2D eigenvalue weighted by Crippen LogP contribution is 2.18. The van der Waals surface area contributed by atoms with E-state index in [-0.39, 0.29) is 24.9 Å². The fraction of sp³-hybridized carbons (Fsp3) is 0.837. The van der Waals surface area contributed by atoms with Gasteiger partial charge in [-0.25, -0.2) is 0 Å². The lowest BCUT2D eigenvalue weighted by atomic mass is 10.0. The second kappa shape index (κ2) is 43.2. The van der Waals surface area contributed by atoms with Crippen LogP contribution in [-0.2, 0) is 14.3 Å². The molecular weight excluding hydrogens is 683 g/mol. The number of aliphatic hydroxyl groups excluding tert-OH is 2. The number of hydrogen-bond acceptors (Lipinski definition) is 5. The molecule has 0 radical (unpaired) electrons. The standard InChI is InChI=1S/C49H91NO5/c1-4-7-10-13-16-19-21-23-24-25-27-30-33-36-39-42-49(54)55-45(40-37-34-31-29-26-22-20-17-14-11-8-5-2)43-48(53)50-46(44-51)47(52)41-38-35-32-28-18-15-12-9-6-3/h7,10,13,16,19,21,45-47,51-52H,4-6,8-9,11-12,14-15,17-18,20,22-44H2,1-3H3,(H,50,53)/b10-7+,16-13+,21-19+. The summed E-state index contributed by atoms with van der Waals surface area (Å²) in [5.41, 5.74) is 0. The van der Waals surface area contributed by atoms with Crippen molar-refractivity contribution >= 4 is 11.9 Å². The minimum atomic E-state index is -0.784. The number of unbranched alkanes of at least 4 members (excludes halogenated alkanes) is 26. The average molecular weight is 774 g/mol. The van der Waals surface area contributed by atoms with Gasteiger partial charge in [-0.2, -0.15) is 0 Å². The zero-order valence-corrected chi connectivity index (χ0v) is 36.6. The first-order chi connectivity index (χ1) is 27.0. The van der Waals surface area contributed by atoms with E-state index in [1.54, 1.807) is 0 Å². The Hall–Kier alpha value is -1.92. The number of amides is 1. The van der Waals surface area contributed by atoms with E-state index in [0.29, 0.717) is 19.3 Å². The lowest BCUT2D eigenvalue weighted by molar-refractivity contribution is -0.151. The molecule has 6 nitrogen and oxygen atoms in total. The van der Waals surface area contributed by atoms with Crippen LogP contribution in [0.1, 0.15) is 239 Å². The van der Waals surface area contributed by atoms with Gasteiger partial charge in [0.25, 0.3) is 0 Å². The highest BCUT2D eigenvalue weighted by Gasteiger charge is 2.24. The van der Waals surface area contributed by atoms with Crippen LogP contribution in [0.15, 0.2) is 36.5 Å². The van der Waals surface area contributed by atoms with Crippen molar-refractivity contribution in [1.29, 1.82) is 0 Å². The molecule has 0 aliphatic carbocycles. The topological polar surface area (TPSA) is 95.9 Å². The molecule has 322 valence electrons. The third-order valence-electron chi connectivity index (χ3n) is 10.8.